The molecule has 0 amide bonds. The second kappa shape index (κ2) is 6.33. The van der Waals surface area contributed by atoms with E-state index in [1.54, 1.807) is 6.08 Å². The summed E-state index contributed by atoms with van der Waals surface area (Å²) in [5.41, 5.74) is 0.673. The van der Waals surface area contributed by atoms with Gasteiger partial charge in [0.05, 0.1) is 0 Å². The Bertz CT molecular complexity index is 298. The summed E-state index contributed by atoms with van der Waals surface area (Å²) in [5.74, 6) is 0.0927. The minimum absolute atomic E-state index is 0.0114. The molecule has 0 unspecified atom stereocenters. The van der Waals surface area contributed by atoms with Crippen molar-refractivity contribution in [2.45, 2.75) is 45.4 Å². The van der Waals surface area contributed by atoms with E-state index in [2.05, 4.69) is 6.92 Å². The Labute approximate surface area is 91.1 Å². The minimum atomic E-state index is 0.0114. The molecule has 0 aromatic heterocycles. The van der Waals surface area contributed by atoms with E-state index in [4.69, 9.17) is 0 Å². The van der Waals surface area contributed by atoms with Gasteiger partial charge in [0, 0.05) is 12.0 Å². The lowest BCUT2D eigenvalue weighted by Gasteiger charge is -1.94. The minimum Gasteiger partial charge on any atom is -0.295 e. The van der Waals surface area contributed by atoms with Gasteiger partial charge in [0.1, 0.15) is 0 Å². The molecule has 0 aliphatic heterocycles. The van der Waals surface area contributed by atoms with Crippen LogP contribution < -0.4 is 0 Å². The molecule has 0 saturated heterocycles. The highest BCUT2D eigenvalue weighted by atomic mass is 16.1. The van der Waals surface area contributed by atoms with Crippen LogP contribution >= 0.6 is 0 Å². The summed E-state index contributed by atoms with van der Waals surface area (Å²) in [5, 5.41) is 0. The molecule has 0 fully saturated rings. The molecule has 0 heterocycles. The van der Waals surface area contributed by atoms with E-state index in [1.807, 2.05) is 6.08 Å². The number of allylic oxidation sites excluding steroid dienone is 4. The number of carbonyl (C=O) groups excluding carboxylic acids is 2. The van der Waals surface area contributed by atoms with Crippen LogP contribution in [0.2, 0.25) is 0 Å². The molecule has 2 nitrogen and oxygen atoms in total. The summed E-state index contributed by atoms with van der Waals surface area (Å²) in [4.78, 5) is 22.4. The van der Waals surface area contributed by atoms with Crippen molar-refractivity contribution < 1.29 is 9.59 Å². The maximum Gasteiger partial charge on any atom is 0.181 e. The fraction of sp³-hybridized carbons (Fsp3) is 0.538. The summed E-state index contributed by atoms with van der Waals surface area (Å²) in [6, 6.07) is 0. The average Bonchev–Trinajstić information content (AvgIpc) is 2.64. The third-order valence-electron chi connectivity index (χ3n) is 2.54. The molecule has 1 rings (SSSR count). The van der Waals surface area contributed by atoms with E-state index in [1.165, 1.54) is 18.9 Å². The first kappa shape index (κ1) is 11.9. The number of hydrogen-bond donors (Lipinski definition) is 0. The number of hydrogen-bond acceptors (Lipinski definition) is 2. The summed E-state index contributed by atoms with van der Waals surface area (Å²) < 4.78 is 0. The number of ketones is 2. The first-order chi connectivity index (χ1) is 7.24. The van der Waals surface area contributed by atoms with Crippen molar-refractivity contribution >= 4 is 11.6 Å². The van der Waals surface area contributed by atoms with Crippen molar-refractivity contribution in [3.63, 3.8) is 0 Å². The van der Waals surface area contributed by atoms with E-state index in [0.717, 1.165) is 12.8 Å². The SMILES string of the molecule is CCCCCC=CC(=O)C1=CC(=O)CC1. The van der Waals surface area contributed by atoms with Gasteiger partial charge in [-0.05, 0) is 31.4 Å². The van der Waals surface area contributed by atoms with E-state index < -0.39 is 0 Å². The predicted octanol–water partition coefficient (Wildman–Crippen LogP) is 2.98. The summed E-state index contributed by atoms with van der Waals surface area (Å²) >= 11 is 0. The molecule has 0 spiro atoms. The Balaban J connectivity index is 2.29. The Kier molecular flexibility index (Phi) is 5.02. The standard InChI is InChI=1S/C13H18O2/c1-2-3-4-5-6-7-13(15)11-8-9-12(14)10-11/h6-7,10H,2-5,8-9H2,1H3. The Hall–Kier alpha value is -1.18. The molecule has 1 aliphatic rings. The largest absolute Gasteiger partial charge is 0.295 e. The monoisotopic (exact) mass is 206 g/mol. The molecule has 0 aromatic carbocycles. The van der Waals surface area contributed by atoms with E-state index in [0.29, 0.717) is 18.4 Å². The first-order valence-corrected chi connectivity index (χ1v) is 5.68. The van der Waals surface area contributed by atoms with Crippen LogP contribution in [-0.4, -0.2) is 11.6 Å². The molecule has 0 atom stereocenters. The topological polar surface area (TPSA) is 34.1 Å². The highest BCUT2D eigenvalue weighted by molar-refractivity contribution is 6.10. The predicted molar refractivity (Wildman–Crippen MR) is 60.6 cm³/mol. The van der Waals surface area contributed by atoms with Gasteiger partial charge in [0.25, 0.3) is 0 Å². The van der Waals surface area contributed by atoms with Crippen LogP contribution in [0.5, 0.6) is 0 Å². The second-order valence-electron chi connectivity index (χ2n) is 3.90. The van der Waals surface area contributed by atoms with Crippen LogP contribution in [-0.2, 0) is 9.59 Å². The van der Waals surface area contributed by atoms with Crippen molar-refractivity contribution in [1.29, 1.82) is 0 Å². The second-order valence-corrected chi connectivity index (χ2v) is 3.90. The normalized spacial score (nSPS) is 16.1. The fourth-order valence-electron chi connectivity index (χ4n) is 1.60. The Morgan fingerprint density at radius 2 is 2.20 bits per heavy atom. The lowest BCUT2D eigenvalue weighted by molar-refractivity contribution is -0.114. The van der Waals surface area contributed by atoms with Crippen LogP contribution in [0.15, 0.2) is 23.8 Å². The number of unbranched alkanes of at least 4 members (excludes halogenated alkanes) is 3. The van der Waals surface area contributed by atoms with E-state index >= 15 is 0 Å². The molecule has 0 bridgehead atoms. The van der Waals surface area contributed by atoms with Crippen molar-refractivity contribution in [3.05, 3.63) is 23.8 Å². The fourth-order valence-corrected chi connectivity index (χ4v) is 1.60. The molecule has 0 aromatic rings. The zero-order chi connectivity index (χ0) is 11.1. The maximum absolute atomic E-state index is 11.5. The van der Waals surface area contributed by atoms with Gasteiger partial charge in [-0.2, -0.15) is 0 Å². The highest BCUT2D eigenvalue weighted by Crippen LogP contribution is 2.16. The third kappa shape index (κ3) is 4.24. The van der Waals surface area contributed by atoms with Gasteiger partial charge in [0.15, 0.2) is 11.6 Å². The van der Waals surface area contributed by atoms with Gasteiger partial charge in [-0.25, -0.2) is 0 Å². The van der Waals surface area contributed by atoms with Crippen LogP contribution in [0.3, 0.4) is 0 Å². The number of rotatable bonds is 6. The van der Waals surface area contributed by atoms with Crippen molar-refractivity contribution in [2.75, 3.05) is 0 Å². The smallest absolute Gasteiger partial charge is 0.181 e. The van der Waals surface area contributed by atoms with E-state index in [9.17, 15) is 9.59 Å². The quantitative estimate of drug-likeness (QED) is 0.494. The highest BCUT2D eigenvalue weighted by Gasteiger charge is 2.15. The molecule has 2 heteroatoms. The van der Waals surface area contributed by atoms with Crippen LogP contribution in [0.25, 0.3) is 0 Å². The van der Waals surface area contributed by atoms with Crippen molar-refractivity contribution in [2.24, 2.45) is 0 Å². The zero-order valence-corrected chi connectivity index (χ0v) is 9.29. The van der Waals surface area contributed by atoms with E-state index in [-0.39, 0.29) is 11.6 Å². The molecular formula is C13H18O2. The summed E-state index contributed by atoms with van der Waals surface area (Å²) in [6.45, 7) is 2.16. The zero-order valence-electron chi connectivity index (χ0n) is 9.29. The van der Waals surface area contributed by atoms with Gasteiger partial charge < -0.3 is 0 Å². The third-order valence-corrected chi connectivity index (χ3v) is 2.54. The Morgan fingerprint density at radius 3 is 2.80 bits per heavy atom. The molecule has 0 N–H and O–H groups in total. The Morgan fingerprint density at radius 1 is 1.40 bits per heavy atom. The number of carbonyl (C=O) groups is 2. The van der Waals surface area contributed by atoms with Gasteiger partial charge in [-0.3, -0.25) is 9.59 Å². The lowest BCUT2D eigenvalue weighted by Crippen LogP contribution is -1.94. The van der Waals surface area contributed by atoms with Crippen LogP contribution in [0.4, 0.5) is 0 Å². The molecule has 1 aliphatic carbocycles. The van der Waals surface area contributed by atoms with Crippen molar-refractivity contribution in [3.8, 4) is 0 Å². The van der Waals surface area contributed by atoms with Crippen molar-refractivity contribution in [1.82, 2.24) is 0 Å². The molecule has 15 heavy (non-hydrogen) atoms. The molecular weight excluding hydrogens is 188 g/mol. The average molecular weight is 206 g/mol. The molecule has 0 radical (unpaired) electrons. The van der Waals surface area contributed by atoms with Crippen LogP contribution in [0.1, 0.15) is 45.4 Å². The molecule has 82 valence electrons. The van der Waals surface area contributed by atoms with Gasteiger partial charge >= 0.3 is 0 Å². The van der Waals surface area contributed by atoms with Crippen LogP contribution in [0, 0.1) is 0 Å². The first-order valence-electron chi connectivity index (χ1n) is 5.68. The maximum atomic E-state index is 11.5. The lowest BCUT2D eigenvalue weighted by atomic mass is 10.1. The van der Waals surface area contributed by atoms with Gasteiger partial charge in [-0.15, -0.1) is 0 Å². The van der Waals surface area contributed by atoms with Gasteiger partial charge in [-0.1, -0.05) is 25.8 Å². The molecule has 0 saturated carbocycles. The summed E-state index contributed by atoms with van der Waals surface area (Å²) in [7, 11) is 0. The summed E-state index contributed by atoms with van der Waals surface area (Å²) in [6.07, 6.45) is 10.6. The van der Waals surface area contributed by atoms with Gasteiger partial charge in [0.2, 0.25) is 0 Å².